The van der Waals surface area contributed by atoms with Gasteiger partial charge in [-0.3, -0.25) is 18.8 Å². The Labute approximate surface area is 193 Å². The average molecular weight is 456 g/mol. The van der Waals surface area contributed by atoms with Crippen LogP contribution in [-0.4, -0.2) is 20.3 Å². The second-order valence-electron chi connectivity index (χ2n) is 7.76. The number of nitrogens with zero attached hydrogens (tertiary/aromatic N) is 4. The van der Waals surface area contributed by atoms with Gasteiger partial charge in [-0.25, -0.2) is 4.99 Å². The molecule has 8 heteroatoms. The molecule has 2 aromatic carbocycles. The van der Waals surface area contributed by atoms with Gasteiger partial charge in [0.1, 0.15) is 0 Å². The Kier molecular flexibility index (Phi) is 5.35. The summed E-state index contributed by atoms with van der Waals surface area (Å²) in [7, 11) is 1.83. The summed E-state index contributed by atoms with van der Waals surface area (Å²) in [6, 6.07) is 18.3. The van der Waals surface area contributed by atoms with Crippen LogP contribution in [0.3, 0.4) is 0 Å². The second-order valence-corrected chi connectivity index (χ2v) is 8.77. The average Bonchev–Trinajstić information content (AvgIpc) is 3.36. The quantitative estimate of drug-likeness (QED) is 0.514. The number of thiazole rings is 1. The van der Waals surface area contributed by atoms with Crippen LogP contribution in [-0.2, 0) is 11.8 Å². The first-order chi connectivity index (χ1) is 16.0. The van der Waals surface area contributed by atoms with E-state index < -0.39 is 6.04 Å². The lowest BCUT2D eigenvalue weighted by molar-refractivity contribution is -0.113. The molecule has 7 nitrogen and oxygen atoms in total. The number of nitrogens with one attached hydrogen (secondary N) is 1. The van der Waals surface area contributed by atoms with Gasteiger partial charge in [-0.1, -0.05) is 59.9 Å². The van der Waals surface area contributed by atoms with Crippen molar-refractivity contribution in [3.05, 3.63) is 115 Å². The van der Waals surface area contributed by atoms with Crippen molar-refractivity contribution in [1.82, 2.24) is 14.3 Å². The molecule has 0 saturated carbocycles. The molecule has 1 aliphatic rings. The lowest BCUT2D eigenvalue weighted by atomic mass is 9.95. The fraction of sp³-hybridized carbons (Fsp3) is 0.120. The van der Waals surface area contributed by atoms with Gasteiger partial charge in [-0.15, -0.1) is 0 Å². The fourth-order valence-electron chi connectivity index (χ4n) is 3.95. The van der Waals surface area contributed by atoms with Crippen LogP contribution in [0.5, 0.6) is 0 Å². The summed E-state index contributed by atoms with van der Waals surface area (Å²) in [4.78, 5) is 32.2. The van der Waals surface area contributed by atoms with Crippen LogP contribution in [0.15, 0.2) is 94.1 Å². The molecule has 0 bridgehead atoms. The molecule has 5 rings (SSSR count). The number of anilines is 1. The third-order valence-electron chi connectivity index (χ3n) is 5.44. The highest BCUT2D eigenvalue weighted by Crippen LogP contribution is 2.30. The third kappa shape index (κ3) is 3.96. The Morgan fingerprint density at radius 1 is 1.09 bits per heavy atom. The number of aromatic nitrogens is 3. The van der Waals surface area contributed by atoms with Crippen molar-refractivity contribution >= 4 is 29.0 Å². The predicted octanol–water partition coefficient (Wildman–Crippen LogP) is 2.61. The highest BCUT2D eigenvalue weighted by Gasteiger charge is 2.32. The molecular weight excluding hydrogens is 434 g/mol. The molecule has 1 N–H and O–H groups in total. The van der Waals surface area contributed by atoms with Gasteiger partial charge in [0, 0.05) is 24.5 Å². The molecule has 0 spiro atoms. The van der Waals surface area contributed by atoms with Crippen molar-refractivity contribution < 1.29 is 4.79 Å². The Morgan fingerprint density at radius 2 is 1.79 bits per heavy atom. The van der Waals surface area contributed by atoms with Gasteiger partial charge in [0.25, 0.3) is 11.5 Å². The zero-order valence-electron chi connectivity index (χ0n) is 18.1. The van der Waals surface area contributed by atoms with E-state index in [4.69, 9.17) is 0 Å². The first kappa shape index (κ1) is 20.8. The Bertz CT molecular complexity index is 1550. The van der Waals surface area contributed by atoms with E-state index in [1.165, 1.54) is 11.3 Å². The maximum Gasteiger partial charge on any atom is 0.271 e. The van der Waals surface area contributed by atoms with Crippen LogP contribution >= 0.6 is 11.3 Å². The zero-order valence-corrected chi connectivity index (χ0v) is 18.9. The monoisotopic (exact) mass is 455 g/mol. The number of carbonyl (C=O) groups excluding carboxylic acids is 1. The number of para-hydroxylation sites is 1. The maximum absolute atomic E-state index is 13.5. The summed E-state index contributed by atoms with van der Waals surface area (Å²) in [5.41, 5.74) is 3.21. The van der Waals surface area contributed by atoms with Crippen molar-refractivity contribution in [2.75, 3.05) is 5.32 Å². The number of rotatable bonds is 4. The van der Waals surface area contributed by atoms with Crippen molar-refractivity contribution in [1.29, 1.82) is 0 Å². The molecule has 2 aromatic heterocycles. The molecule has 33 heavy (non-hydrogen) atoms. The molecule has 4 aromatic rings. The highest BCUT2D eigenvalue weighted by atomic mass is 32.1. The summed E-state index contributed by atoms with van der Waals surface area (Å²) >= 11 is 1.31. The summed E-state index contributed by atoms with van der Waals surface area (Å²) in [5, 5.41) is 7.12. The molecule has 164 valence electrons. The van der Waals surface area contributed by atoms with Gasteiger partial charge < -0.3 is 5.32 Å². The minimum Gasteiger partial charge on any atom is -0.322 e. The molecule has 0 radical (unpaired) electrons. The molecule has 1 atom stereocenters. The Hall–Kier alpha value is -4.04. The molecular formula is C25H21N5O2S. The standard InChI is InChI=1S/C25H21N5O2S/c1-16-21(23(31)28-19-11-7-4-8-12-19)22(18-9-5-3-6-10-18)30-24(32)20(33-25(30)27-16)13-17-14-26-29(2)15-17/h3-15,22H,1-2H3,(H,28,31)/t22-/m0/s1. The minimum atomic E-state index is -0.581. The fourth-order valence-corrected chi connectivity index (χ4v) is 5.00. The Morgan fingerprint density at radius 3 is 2.45 bits per heavy atom. The lowest BCUT2D eigenvalue weighted by Gasteiger charge is -2.25. The van der Waals surface area contributed by atoms with Gasteiger partial charge in [-0.05, 0) is 30.7 Å². The van der Waals surface area contributed by atoms with Crippen LogP contribution in [0.1, 0.15) is 24.1 Å². The number of benzene rings is 2. The zero-order chi connectivity index (χ0) is 22.9. The SMILES string of the molecule is CC1=C(C(=O)Nc2ccccc2)[C@H](c2ccccc2)n2c(sc(=Cc3cnn(C)c3)c2=O)=N1. The minimum absolute atomic E-state index is 0.186. The normalized spacial score (nSPS) is 15.8. The van der Waals surface area contributed by atoms with Crippen molar-refractivity contribution in [3.63, 3.8) is 0 Å². The van der Waals surface area contributed by atoms with E-state index >= 15 is 0 Å². The van der Waals surface area contributed by atoms with Gasteiger partial charge >= 0.3 is 0 Å². The van der Waals surface area contributed by atoms with E-state index in [0.717, 1.165) is 11.1 Å². The van der Waals surface area contributed by atoms with E-state index in [1.807, 2.05) is 86.9 Å². The van der Waals surface area contributed by atoms with E-state index in [9.17, 15) is 9.59 Å². The summed E-state index contributed by atoms with van der Waals surface area (Å²) in [5.74, 6) is -0.280. The van der Waals surface area contributed by atoms with Crippen molar-refractivity contribution in [2.45, 2.75) is 13.0 Å². The van der Waals surface area contributed by atoms with Crippen LogP contribution in [0, 0.1) is 0 Å². The van der Waals surface area contributed by atoms with Crippen LogP contribution in [0.2, 0.25) is 0 Å². The van der Waals surface area contributed by atoms with Crippen molar-refractivity contribution in [2.24, 2.45) is 12.0 Å². The van der Waals surface area contributed by atoms with Crippen LogP contribution in [0.4, 0.5) is 5.69 Å². The van der Waals surface area contributed by atoms with E-state index in [0.29, 0.717) is 26.3 Å². The predicted molar refractivity (Wildman–Crippen MR) is 128 cm³/mol. The number of aryl methyl sites for hydroxylation is 1. The largest absolute Gasteiger partial charge is 0.322 e. The highest BCUT2D eigenvalue weighted by molar-refractivity contribution is 7.07. The lowest BCUT2D eigenvalue weighted by Crippen LogP contribution is -2.40. The molecule has 0 fully saturated rings. The van der Waals surface area contributed by atoms with Crippen molar-refractivity contribution in [3.8, 4) is 0 Å². The maximum atomic E-state index is 13.5. The molecule has 0 saturated heterocycles. The molecule has 3 heterocycles. The number of hydrogen-bond acceptors (Lipinski definition) is 5. The van der Waals surface area contributed by atoms with Gasteiger partial charge in [-0.2, -0.15) is 5.10 Å². The number of allylic oxidation sites excluding steroid dienone is 1. The number of carbonyl (C=O) groups is 1. The molecule has 0 aliphatic carbocycles. The van der Waals surface area contributed by atoms with Gasteiger partial charge in [0.05, 0.1) is 28.0 Å². The smallest absolute Gasteiger partial charge is 0.271 e. The number of fused-ring (bicyclic) bond motifs is 1. The molecule has 1 amide bonds. The Balaban J connectivity index is 1.67. The molecule has 1 aliphatic heterocycles. The van der Waals surface area contributed by atoms with Gasteiger partial charge in [0.15, 0.2) is 4.80 Å². The first-order valence-corrected chi connectivity index (χ1v) is 11.3. The first-order valence-electron chi connectivity index (χ1n) is 10.4. The van der Waals surface area contributed by atoms with Gasteiger partial charge in [0.2, 0.25) is 0 Å². The van der Waals surface area contributed by atoms with Crippen LogP contribution < -0.4 is 20.2 Å². The number of amides is 1. The number of hydrogen-bond donors (Lipinski definition) is 1. The summed E-state index contributed by atoms with van der Waals surface area (Å²) in [6.45, 7) is 1.81. The topological polar surface area (TPSA) is 81.3 Å². The molecule has 0 unspecified atom stereocenters. The summed E-state index contributed by atoms with van der Waals surface area (Å²) < 4.78 is 3.85. The van der Waals surface area contributed by atoms with E-state index in [-0.39, 0.29) is 11.5 Å². The van der Waals surface area contributed by atoms with Crippen LogP contribution in [0.25, 0.3) is 6.08 Å². The second kappa shape index (κ2) is 8.48. The third-order valence-corrected chi connectivity index (χ3v) is 6.42. The summed E-state index contributed by atoms with van der Waals surface area (Å²) in [6.07, 6.45) is 5.36. The van der Waals surface area contributed by atoms with E-state index in [2.05, 4.69) is 15.4 Å². The van der Waals surface area contributed by atoms with E-state index in [1.54, 1.807) is 15.4 Å².